The summed E-state index contributed by atoms with van der Waals surface area (Å²) in [5.41, 5.74) is 8.13. The highest BCUT2D eigenvalue weighted by molar-refractivity contribution is 9.10. The molecular formula is C17H17BrN2O. The average molecular weight is 345 g/mol. The summed E-state index contributed by atoms with van der Waals surface area (Å²) < 4.78 is 0.815. The fraction of sp³-hybridized carbons (Fsp3) is 0.235. The van der Waals surface area contributed by atoms with E-state index in [9.17, 15) is 4.79 Å². The third kappa shape index (κ3) is 3.45. The fourth-order valence-corrected chi connectivity index (χ4v) is 3.04. The number of hydrogen-bond donors (Lipinski definition) is 2. The van der Waals surface area contributed by atoms with Gasteiger partial charge in [-0.2, -0.15) is 0 Å². The van der Waals surface area contributed by atoms with Gasteiger partial charge >= 0.3 is 0 Å². The highest BCUT2D eigenvalue weighted by Crippen LogP contribution is 2.41. The topological polar surface area (TPSA) is 55.1 Å². The second-order valence-corrected chi connectivity index (χ2v) is 6.39. The van der Waals surface area contributed by atoms with E-state index in [1.54, 1.807) is 18.2 Å². The third-order valence-corrected chi connectivity index (χ3v) is 4.18. The summed E-state index contributed by atoms with van der Waals surface area (Å²) in [5.74, 6) is 0.463. The zero-order valence-corrected chi connectivity index (χ0v) is 13.1. The summed E-state index contributed by atoms with van der Waals surface area (Å²) in [6.07, 6.45) is 2.33. The van der Waals surface area contributed by atoms with Gasteiger partial charge in [0.25, 0.3) is 5.91 Å². The lowest BCUT2D eigenvalue weighted by atomic mass is 10.0. The van der Waals surface area contributed by atoms with Crippen LogP contribution in [0.1, 0.15) is 34.8 Å². The van der Waals surface area contributed by atoms with Gasteiger partial charge in [-0.15, -0.1) is 0 Å². The van der Waals surface area contributed by atoms with Crippen molar-refractivity contribution in [3.8, 4) is 0 Å². The third-order valence-electron chi connectivity index (χ3n) is 3.72. The molecule has 3 N–H and O–H groups in total. The number of nitrogen functional groups attached to an aromatic ring is 1. The monoisotopic (exact) mass is 344 g/mol. The molecule has 2 aromatic carbocycles. The molecule has 0 saturated heterocycles. The zero-order valence-electron chi connectivity index (χ0n) is 11.6. The Morgan fingerprint density at radius 1 is 1.19 bits per heavy atom. The molecule has 0 bridgehead atoms. The van der Waals surface area contributed by atoms with Gasteiger partial charge in [-0.25, -0.2) is 0 Å². The van der Waals surface area contributed by atoms with Crippen molar-refractivity contribution in [1.82, 2.24) is 5.32 Å². The Hall–Kier alpha value is -1.81. The molecule has 1 aliphatic rings. The SMILES string of the molecule is Nc1cc(Br)cc(C(=O)NC(c2ccccc2)C2CC2)c1. The van der Waals surface area contributed by atoms with E-state index in [0.29, 0.717) is 17.2 Å². The van der Waals surface area contributed by atoms with Crippen molar-refractivity contribution in [2.24, 2.45) is 5.92 Å². The Labute approximate surface area is 132 Å². The summed E-state index contributed by atoms with van der Waals surface area (Å²) in [7, 11) is 0. The Kier molecular flexibility index (Phi) is 3.97. The quantitative estimate of drug-likeness (QED) is 0.826. The molecule has 1 atom stereocenters. The van der Waals surface area contributed by atoms with Crippen LogP contribution in [0, 0.1) is 5.92 Å². The molecule has 0 aromatic heterocycles. The van der Waals surface area contributed by atoms with Crippen LogP contribution in [-0.2, 0) is 0 Å². The van der Waals surface area contributed by atoms with Gasteiger partial charge in [0.15, 0.2) is 0 Å². The van der Waals surface area contributed by atoms with Crippen LogP contribution in [0.2, 0.25) is 0 Å². The van der Waals surface area contributed by atoms with Crippen molar-refractivity contribution in [1.29, 1.82) is 0 Å². The zero-order chi connectivity index (χ0) is 14.8. The first kappa shape index (κ1) is 14.1. The Morgan fingerprint density at radius 2 is 1.90 bits per heavy atom. The highest BCUT2D eigenvalue weighted by Gasteiger charge is 2.33. The van der Waals surface area contributed by atoms with Crippen molar-refractivity contribution in [3.63, 3.8) is 0 Å². The van der Waals surface area contributed by atoms with Crippen molar-refractivity contribution in [3.05, 3.63) is 64.1 Å². The number of amides is 1. The molecular weight excluding hydrogens is 328 g/mol. The van der Waals surface area contributed by atoms with Gasteiger partial charge in [0.2, 0.25) is 0 Å². The van der Waals surface area contributed by atoms with E-state index in [1.807, 2.05) is 18.2 Å². The number of benzene rings is 2. The predicted octanol–water partition coefficient (Wildman–Crippen LogP) is 3.91. The number of halogens is 1. The smallest absolute Gasteiger partial charge is 0.251 e. The predicted molar refractivity (Wildman–Crippen MR) is 87.9 cm³/mol. The van der Waals surface area contributed by atoms with E-state index in [2.05, 4.69) is 33.4 Å². The van der Waals surface area contributed by atoms with E-state index < -0.39 is 0 Å². The summed E-state index contributed by atoms with van der Waals surface area (Å²) in [6, 6.07) is 15.5. The van der Waals surface area contributed by atoms with Crippen molar-refractivity contribution in [2.45, 2.75) is 18.9 Å². The van der Waals surface area contributed by atoms with Crippen LogP contribution in [0.5, 0.6) is 0 Å². The first-order chi connectivity index (χ1) is 10.1. The first-order valence-corrected chi connectivity index (χ1v) is 7.84. The molecule has 1 fully saturated rings. The summed E-state index contributed by atoms with van der Waals surface area (Å²) in [5, 5.41) is 3.15. The van der Waals surface area contributed by atoms with Gasteiger partial charge in [-0.05, 0) is 42.5 Å². The van der Waals surface area contributed by atoms with Gasteiger partial charge < -0.3 is 11.1 Å². The second kappa shape index (κ2) is 5.90. The van der Waals surface area contributed by atoms with Crippen molar-refractivity contribution in [2.75, 3.05) is 5.73 Å². The van der Waals surface area contributed by atoms with Crippen LogP contribution in [0.15, 0.2) is 53.0 Å². The van der Waals surface area contributed by atoms with Crippen molar-refractivity contribution < 1.29 is 4.79 Å². The van der Waals surface area contributed by atoms with Crippen LogP contribution in [0.3, 0.4) is 0 Å². The van der Waals surface area contributed by atoms with E-state index in [4.69, 9.17) is 5.73 Å². The molecule has 3 rings (SSSR count). The first-order valence-electron chi connectivity index (χ1n) is 7.05. The lowest BCUT2D eigenvalue weighted by Crippen LogP contribution is -2.29. The van der Waals surface area contributed by atoms with Crippen molar-refractivity contribution >= 4 is 27.5 Å². The van der Waals surface area contributed by atoms with Gasteiger partial charge in [-0.3, -0.25) is 4.79 Å². The molecule has 2 aromatic rings. The van der Waals surface area contributed by atoms with E-state index in [-0.39, 0.29) is 11.9 Å². The number of carbonyl (C=O) groups excluding carboxylic acids is 1. The normalized spacial score (nSPS) is 15.5. The van der Waals surface area contributed by atoms with Gasteiger partial charge in [0, 0.05) is 15.7 Å². The fourth-order valence-electron chi connectivity index (χ4n) is 2.53. The Morgan fingerprint density at radius 3 is 2.52 bits per heavy atom. The molecule has 0 aliphatic heterocycles. The Balaban J connectivity index is 1.81. The number of anilines is 1. The maximum absolute atomic E-state index is 12.5. The molecule has 0 heterocycles. The standard InChI is InChI=1S/C17H17BrN2O/c18-14-8-13(9-15(19)10-14)17(21)20-16(12-6-7-12)11-4-2-1-3-5-11/h1-5,8-10,12,16H,6-7,19H2,(H,20,21). The number of carbonyl (C=O) groups is 1. The molecule has 1 unspecified atom stereocenters. The molecule has 1 saturated carbocycles. The van der Waals surface area contributed by atoms with Crippen LogP contribution < -0.4 is 11.1 Å². The summed E-state index contributed by atoms with van der Waals surface area (Å²) in [6.45, 7) is 0. The minimum Gasteiger partial charge on any atom is -0.399 e. The molecule has 1 aliphatic carbocycles. The Bertz CT molecular complexity index is 633. The van der Waals surface area contributed by atoms with Crippen LogP contribution >= 0.6 is 15.9 Å². The second-order valence-electron chi connectivity index (χ2n) is 5.47. The maximum atomic E-state index is 12.5. The maximum Gasteiger partial charge on any atom is 0.251 e. The molecule has 0 spiro atoms. The number of hydrogen-bond acceptors (Lipinski definition) is 2. The van der Waals surface area contributed by atoms with E-state index >= 15 is 0 Å². The largest absolute Gasteiger partial charge is 0.399 e. The lowest BCUT2D eigenvalue weighted by Gasteiger charge is -2.19. The molecule has 21 heavy (non-hydrogen) atoms. The average Bonchev–Trinajstić information content (AvgIpc) is 3.29. The van der Waals surface area contributed by atoms with E-state index in [1.165, 1.54) is 12.8 Å². The number of nitrogens with two attached hydrogens (primary N) is 1. The molecule has 1 amide bonds. The van der Waals surface area contributed by atoms with Gasteiger partial charge in [-0.1, -0.05) is 46.3 Å². The lowest BCUT2D eigenvalue weighted by molar-refractivity contribution is 0.0931. The molecule has 108 valence electrons. The minimum absolute atomic E-state index is 0.0799. The summed E-state index contributed by atoms with van der Waals surface area (Å²) >= 11 is 3.37. The number of nitrogens with one attached hydrogen (secondary N) is 1. The van der Waals surface area contributed by atoms with Gasteiger partial charge in [0.05, 0.1) is 6.04 Å². The summed E-state index contributed by atoms with van der Waals surface area (Å²) in [4.78, 5) is 12.5. The van der Waals surface area contributed by atoms with Crippen LogP contribution in [-0.4, -0.2) is 5.91 Å². The minimum atomic E-state index is -0.0799. The molecule has 0 radical (unpaired) electrons. The molecule has 3 nitrogen and oxygen atoms in total. The number of rotatable bonds is 4. The van der Waals surface area contributed by atoms with Gasteiger partial charge in [0.1, 0.15) is 0 Å². The molecule has 4 heteroatoms. The van der Waals surface area contributed by atoms with E-state index in [0.717, 1.165) is 10.0 Å². The highest BCUT2D eigenvalue weighted by atomic mass is 79.9. The van der Waals surface area contributed by atoms with Crippen LogP contribution in [0.25, 0.3) is 0 Å². The van der Waals surface area contributed by atoms with Crippen LogP contribution in [0.4, 0.5) is 5.69 Å².